The van der Waals surface area contributed by atoms with Crippen LogP contribution in [-0.2, 0) is 4.79 Å². The molecule has 1 aliphatic heterocycles. The number of amides is 1. The van der Waals surface area contributed by atoms with E-state index in [1.807, 2.05) is 78.9 Å². The lowest BCUT2D eigenvalue weighted by molar-refractivity contribution is -0.130. The van der Waals surface area contributed by atoms with Gasteiger partial charge in [-0.05, 0) is 23.3 Å². The fourth-order valence-electron chi connectivity index (χ4n) is 3.08. The third kappa shape index (κ3) is 4.04. The van der Waals surface area contributed by atoms with Crippen LogP contribution in [0.3, 0.4) is 0 Å². The highest BCUT2D eigenvalue weighted by atomic mass is 16.6. The zero-order valence-corrected chi connectivity index (χ0v) is 15.2. The number of ether oxygens (including phenoxy) is 2. The number of carbonyl (C=O) groups is 1. The number of hydrogen-bond acceptors (Lipinski definition) is 4. The molecule has 0 aromatic heterocycles. The Kier molecular flexibility index (Phi) is 5.33. The van der Waals surface area contributed by atoms with Crippen LogP contribution in [0.1, 0.15) is 17.0 Å². The van der Waals surface area contributed by atoms with E-state index in [1.54, 1.807) is 12.3 Å². The number of nitrogens with zero attached hydrogens (tertiary/aromatic N) is 1. The predicted octanol–water partition coefficient (Wildman–Crippen LogP) is 3.76. The lowest BCUT2D eigenvalue weighted by atomic mass is 9.92. The average molecular weight is 372 g/mol. The Labute approximate surface area is 163 Å². The van der Waals surface area contributed by atoms with Crippen molar-refractivity contribution < 1.29 is 14.3 Å². The number of fused-ring (bicyclic) bond motifs is 1. The van der Waals surface area contributed by atoms with Crippen molar-refractivity contribution >= 4 is 12.1 Å². The highest BCUT2D eigenvalue weighted by Crippen LogP contribution is 2.30. The Hall–Kier alpha value is -3.60. The maximum atomic E-state index is 12.4. The first-order valence-electron chi connectivity index (χ1n) is 9.12. The molecular weight excluding hydrogens is 352 g/mol. The summed E-state index contributed by atoms with van der Waals surface area (Å²) >= 11 is 0. The Morgan fingerprint density at radius 2 is 1.46 bits per heavy atom. The first-order chi connectivity index (χ1) is 13.8. The maximum Gasteiger partial charge on any atom is 0.284 e. The number of benzene rings is 3. The van der Waals surface area contributed by atoms with Crippen LogP contribution in [0.4, 0.5) is 0 Å². The summed E-state index contributed by atoms with van der Waals surface area (Å²) in [7, 11) is 0. The minimum Gasteiger partial charge on any atom is -0.485 e. The number of hydrogen-bond donors (Lipinski definition) is 1. The summed E-state index contributed by atoms with van der Waals surface area (Å²) in [6.45, 7) is 0.152. The Balaban J connectivity index is 1.45. The van der Waals surface area contributed by atoms with Crippen LogP contribution in [0.2, 0.25) is 0 Å². The zero-order chi connectivity index (χ0) is 19.2. The van der Waals surface area contributed by atoms with Crippen molar-refractivity contribution in [3.63, 3.8) is 0 Å². The SMILES string of the molecule is O=C(N/N=C\C(c1ccccc1)c1ccccc1)[C@@H]1COc2ccccc2O1. The Morgan fingerprint density at radius 1 is 0.893 bits per heavy atom. The van der Waals surface area contributed by atoms with Crippen LogP contribution < -0.4 is 14.9 Å². The number of para-hydroxylation sites is 2. The van der Waals surface area contributed by atoms with Crippen LogP contribution in [0.25, 0.3) is 0 Å². The van der Waals surface area contributed by atoms with Crippen LogP contribution in [0.15, 0.2) is 90.0 Å². The molecule has 1 N–H and O–H groups in total. The topological polar surface area (TPSA) is 59.9 Å². The summed E-state index contributed by atoms with van der Waals surface area (Å²) < 4.78 is 11.3. The van der Waals surface area contributed by atoms with Gasteiger partial charge in [-0.15, -0.1) is 0 Å². The van der Waals surface area contributed by atoms with Crippen molar-refractivity contribution in [1.82, 2.24) is 5.43 Å². The molecule has 5 heteroatoms. The lowest BCUT2D eigenvalue weighted by Gasteiger charge is -2.24. The van der Waals surface area contributed by atoms with E-state index in [0.717, 1.165) is 11.1 Å². The van der Waals surface area contributed by atoms with E-state index in [2.05, 4.69) is 10.5 Å². The van der Waals surface area contributed by atoms with Crippen molar-refractivity contribution in [2.75, 3.05) is 6.61 Å². The van der Waals surface area contributed by atoms with Gasteiger partial charge in [-0.3, -0.25) is 4.79 Å². The minimum atomic E-state index is -0.737. The summed E-state index contributed by atoms with van der Waals surface area (Å²) in [6, 6.07) is 27.4. The number of hydrazone groups is 1. The lowest BCUT2D eigenvalue weighted by Crippen LogP contribution is -2.42. The van der Waals surface area contributed by atoms with E-state index in [0.29, 0.717) is 11.5 Å². The van der Waals surface area contributed by atoms with E-state index in [9.17, 15) is 4.79 Å². The molecule has 3 aromatic carbocycles. The molecule has 4 rings (SSSR count). The average Bonchev–Trinajstić information content (AvgIpc) is 2.77. The van der Waals surface area contributed by atoms with Gasteiger partial charge in [-0.2, -0.15) is 5.10 Å². The molecule has 1 atom stereocenters. The number of nitrogens with one attached hydrogen (secondary N) is 1. The normalized spacial score (nSPS) is 15.5. The Bertz CT molecular complexity index is 918. The molecule has 5 nitrogen and oxygen atoms in total. The first kappa shape index (κ1) is 17.8. The molecule has 140 valence electrons. The largest absolute Gasteiger partial charge is 0.485 e. The van der Waals surface area contributed by atoms with Crippen molar-refractivity contribution in [1.29, 1.82) is 0 Å². The van der Waals surface area contributed by atoms with Gasteiger partial charge in [0.15, 0.2) is 11.5 Å². The molecule has 0 fully saturated rings. The smallest absolute Gasteiger partial charge is 0.284 e. The second-order valence-corrected chi connectivity index (χ2v) is 6.42. The first-order valence-corrected chi connectivity index (χ1v) is 9.12. The molecule has 0 saturated heterocycles. The Morgan fingerprint density at radius 3 is 2.11 bits per heavy atom. The van der Waals surface area contributed by atoms with Crippen LogP contribution in [0, 0.1) is 0 Å². The number of rotatable bonds is 5. The third-order valence-corrected chi connectivity index (χ3v) is 4.52. The highest BCUT2D eigenvalue weighted by molar-refractivity contribution is 5.83. The van der Waals surface area contributed by atoms with Crippen molar-refractivity contribution in [2.45, 2.75) is 12.0 Å². The molecule has 1 amide bonds. The molecule has 0 unspecified atom stereocenters. The third-order valence-electron chi connectivity index (χ3n) is 4.52. The monoisotopic (exact) mass is 372 g/mol. The van der Waals surface area contributed by atoms with Gasteiger partial charge < -0.3 is 9.47 Å². The van der Waals surface area contributed by atoms with E-state index < -0.39 is 6.10 Å². The highest BCUT2D eigenvalue weighted by Gasteiger charge is 2.27. The summed E-state index contributed by atoms with van der Waals surface area (Å²) in [5.41, 5.74) is 4.77. The van der Waals surface area contributed by atoms with Crippen LogP contribution in [0.5, 0.6) is 11.5 Å². The van der Waals surface area contributed by atoms with E-state index in [-0.39, 0.29) is 18.4 Å². The predicted molar refractivity (Wildman–Crippen MR) is 108 cm³/mol. The van der Waals surface area contributed by atoms with Gasteiger partial charge in [0.25, 0.3) is 5.91 Å². The van der Waals surface area contributed by atoms with Crippen molar-refractivity contribution in [3.8, 4) is 11.5 Å². The number of carbonyl (C=O) groups excluding carboxylic acids is 1. The molecule has 0 aliphatic carbocycles. The molecule has 0 spiro atoms. The second-order valence-electron chi connectivity index (χ2n) is 6.42. The molecule has 0 saturated carbocycles. The van der Waals surface area contributed by atoms with Gasteiger partial charge in [-0.25, -0.2) is 5.43 Å². The molecule has 0 bridgehead atoms. The summed E-state index contributed by atoms with van der Waals surface area (Å²) in [6.07, 6.45) is 0.999. The summed E-state index contributed by atoms with van der Waals surface area (Å²) in [5, 5.41) is 4.20. The zero-order valence-electron chi connectivity index (χ0n) is 15.2. The molecule has 3 aromatic rings. The van der Waals surface area contributed by atoms with E-state index in [4.69, 9.17) is 9.47 Å². The molecule has 1 heterocycles. The minimum absolute atomic E-state index is 0.0630. The van der Waals surface area contributed by atoms with Gasteiger partial charge in [-0.1, -0.05) is 72.8 Å². The van der Waals surface area contributed by atoms with E-state index >= 15 is 0 Å². The molecule has 1 aliphatic rings. The van der Waals surface area contributed by atoms with Gasteiger partial charge in [0.1, 0.15) is 6.61 Å². The van der Waals surface area contributed by atoms with Crippen LogP contribution >= 0.6 is 0 Å². The van der Waals surface area contributed by atoms with Gasteiger partial charge in [0, 0.05) is 12.1 Å². The molecule has 0 radical (unpaired) electrons. The van der Waals surface area contributed by atoms with E-state index in [1.165, 1.54) is 0 Å². The fourth-order valence-corrected chi connectivity index (χ4v) is 3.08. The molecular formula is C23H20N2O3. The maximum absolute atomic E-state index is 12.4. The standard InChI is InChI=1S/C23H20N2O3/c26-23(22-16-27-20-13-7-8-14-21(20)28-22)25-24-15-19(17-9-3-1-4-10-17)18-11-5-2-6-12-18/h1-15,19,22H,16H2,(H,25,26)/b24-15-/t22-/m0/s1. The summed E-state index contributed by atoms with van der Waals surface area (Å²) in [4.78, 5) is 12.4. The fraction of sp³-hybridized carbons (Fsp3) is 0.130. The van der Waals surface area contributed by atoms with Gasteiger partial charge >= 0.3 is 0 Å². The van der Waals surface area contributed by atoms with Gasteiger partial charge in [0.05, 0.1) is 0 Å². The summed E-state index contributed by atoms with van der Waals surface area (Å²) in [5.74, 6) is 0.796. The van der Waals surface area contributed by atoms with Crippen molar-refractivity contribution in [2.24, 2.45) is 5.10 Å². The van der Waals surface area contributed by atoms with Crippen LogP contribution in [-0.4, -0.2) is 24.8 Å². The van der Waals surface area contributed by atoms with Gasteiger partial charge in [0.2, 0.25) is 6.10 Å². The quantitative estimate of drug-likeness (QED) is 0.548. The van der Waals surface area contributed by atoms with Crippen molar-refractivity contribution in [3.05, 3.63) is 96.1 Å². The second kappa shape index (κ2) is 8.39. The molecule has 28 heavy (non-hydrogen) atoms.